The Morgan fingerprint density at radius 1 is 1.27 bits per heavy atom. The topological polar surface area (TPSA) is 76.4 Å². The molecule has 0 bridgehead atoms. The van der Waals surface area contributed by atoms with Gasteiger partial charge in [0.2, 0.25) is 0 Å². The quantitative estimate of drug-likeness (QED) is 0.255. The number of unbranched alkanes of at least 4 members (excludes halogenated alkanes) is 2. The minimum absolute atomic E-state index is 0.528. The highest BCUT2D eigenvalue weighted by Gasteiger charge is 1.90. The Morgan fingerprint density at radius 3 is 2.60 bits per heavy atom. The maximum Gasteiger partial charge on any atom is 0.188 e. The second-order valence-electron chi connectivity index (χ2n) is 3.78. The zero-order valence-electron chi connectivity index (χ0n) is 9.92. The summed E-state index contributed by atoms with van der Waals surface area (Å²) >= 11 is 0. The average Bonchev–Trinajstić information content (AvgIpc) is 2.17. The highest BCUT2D eigenvalue weighted by molar-refractivity contribution is 5.77. The Morgan fingerprint density at radius 2 is 2.00 bits per heavy atom. The van der Waals surface area contributed by atoms with Crippen molar-refractivity contribution in [3.8, 4) is 0 Å². The van der Waals surface area contributed by atoms with Gasteiger partial charge >= 0.3 is 0 Å². The van der Waals surface area contributed by atoms with Crippen LogP contribution in [0.1, 0.15) is 33.1 Å². The van der Waals surface area contributed by atoms with Gasteiger partial charge in [0.15, 0.2) is 5.96 Å². The van der Waals surface area contributed by atoms with Crippen molar-refractivity contribution in [2.24, 2.45) is 16.5 Å². The van der Waals surface area contributed by atoms with Crippen molar-refractivity contribution in [3.05, 3.63) is 11.6 Å². The summed E-state index contributed by atoms with van der Waals surface area (Å²) < 4.78 is 0. The highest BCUT2D eigenvalue weighted by atomic mass is 15.1. The molecule has 0 aromatic carbocycles. The first-order valence-electron chi connectivity index (χ1n) is 5.54. The molecule has 5 N–H and O–H groups in total. The Hall–Kier alpha value is -1.03. The van der Waals surface area contributed by atoms with Crippen LogP contribution in [0.3, 0.4) is 0 Å². The van der Waals surface area contributed by atoms with Gasteiger partial charge in [-0.1, -0.05) is 18.1 Å². The van der Waals surface area contributed by atoms with Crippen LogP contribution in [0.25, 0.3) is 0 Å². The zero-order valence-corrected chi connectivity index (χ0v) is 9.92. The predicted octanol–water partition coefficient (Wildman–Crippen LogP) is 0.986. The lowest BCUT2D eigenvalue weighted by Gasteiger charge is -2.04. The van der Waals surface area contributed by atoms with Gasteiger partial charge in [0.05, 0.1) is 6.54 Å². The second-order valence-corrected chi connectivity index (χ2v) is 3.78. The summed E-state index contributed by atoms with van der Waals surface area (Å²) in [4.78, 5) is 4.16. The largest absolute Gasteiger partial charge is 0.370 e. The van der Waals surface area contributed by atoms with Crippen molar-refractivity contribution < 1.29 is 0 Å². The summed E-state index contributed by atoms with van der Waals surface area (Å²) in [6.07, 6.45) is 5.36. The Kier molecular flexibility index (Phi) is 8.87. The van der Waals surface area contributed by atoms with E-state index in [1.165, 1.54) is 5.57 Å². The number of nitrogens with one attached hydrogen (secondary N) is 1. The van der Waals surface area contributed by atoms with Crippen molar-refractivity contribution in [2.45, 2.75) is 33.1 Å². The summed E-state index contributed by atoms with van der Waals surface area (Å²) in [7, 11) is 0. The molecule has 0 amide bonds. The summed E-state index contributed by atoms with van der Waals surface area (Å²) in [5, 5.41) is 3.07. The van der Waals surface area contributed by atoms with Crippen LogP contribution in [0, 0.1) is 0 Å². The van der Waals surface area contributed by atoms with Gasteiger partial charge in [0, 0.05) is 6.54 Å². The number of rotatable bonds is 7. The van der Waals surface area contributed by atoms with Crippen LogP contribution < -0.4 is 16.8 Å². The molecule has 4 heteroatoms. The summed E-state index contributed by atoms with van der Waals surface area (Å²) in [6, 6.07) is 0. The highest BCUT2D eigenvalue weighted by Crippen LogP contribution is 1.91. The maximum atomic E-state index is 5.66. The molecule has 0 aromatic rings. The monoisotopic (exact) mass is 212 g/mol. The number of guanidine groups is 1. The van der Waals surface area contributed by atoms with Crippen LogP contribution in [-0.2, 0) is 0 Å². The molecule has 0 fully saturated rings. The van der Waals surface area contributed by atoms with E-state index in [0.717, 1.165) is 32.4 Å². The van der Waals surface area contributed by atoms with Crippen LogP contribution in [-0.4, -0.2) is 25.6 Å². The van der Waals surface area contributed by atoms with Crippen molar-refractivity contribution in [1.29, 1.82) is 0 Å². The first-order chi connectivity index (χ1) is 7.16. The second kappa shape index (κ2) is 9.52. The third kappa shape index (κ3) is 10.9. The number of allylic oxidation sites excluding steroid dienone is 1. The smallest absolute Gasteiger partial charge is 0.188 e. The lowest BCUT2D eigenvalue weighted by atomic mass is 10.2. The molecule has 0 aliphatic carbocycles. The molecule has 0 unspecified atom stereocenters. The molecule has 88 valence electrons. The van der Waals surface area contributed by atoms with E-state index in [0.29, 0.717) is 12.5 Å². The molecule has 0 spiro atoms. The van der Waals surface area contributed by atoms with E-state index in [9.17, 15) is 0 Å². The van der Waals surface area contributed by atoms with E-state index in [-0.39, 0.29) is 0 Å². The van der Waals surface area contributed by atoms with E-state index < -0.39 is 0 Å². The SMILES string of the molecule is CC(C)=CCN=C(N)NCCCCCN. The van der Waals surface area contributed by atoms with Gasteiger partial charge in [0.25, 0.3) is 0 Å². The summed E-state index contributed by atoms with van der Waals surface area (Å²) in [5.74, 6) is 0.528. The van der Waals surface area contributed by atoms with Crippen LogP contribution in [0.4, 0.5) is 0 Å². The predicted molar refractivity (Wildman–Crippen MR) is 66.8 cm³/mol. The molecular formula is C11H24N4. The van der Waals surface area contributed by atoms with Gasteiger partial charge < -0.3 is 16.8 Å². The van der Waals surface area contributed by atoms with Crippen molar-refractivity contribution in [3.63, 3.8) is 0 Å². The van der Waals surface area contributed by atoms with Crippen LogP contribution >= 0.6 is 0 Å². The fourth-order valence-corrected chi connectivity index (χ4v) is 1.05. The molecule has 0 aliphatic heterocycles. The van der Waals surface area contributed by atoms with Gasteiger partial charge in [-0.15, -0.1) is 0 Å². The number of hydrogen-bond donors (Lipinski definition) is 3. The normalized spacial score (nSPS) is 11.3. The third-order valence-corrected chi connectivity index (χ3v) is 1.95. The molecule has 0 aromatic heterocycles. The Labute approximate surface area is 92.8 Å². The van der Waals surface area contributed by atoms with Gasteiger partial charge in [-0.05, 0) is 33.2 Å². The van der Waals surface area contributed by atoms with Gasteiger partial charge in [0.1, 0.15) is 0 Å². The van der Waals surface area contributed by atoms with Crippen LogP contribution in [0.5, 0.6) is 0 Å². The van der Waals surface area contributed by atoms with E-state index in [1.807, 2.05) is 19.9 Å². The van der Waals surface area contributed by atoms with Crippen molar-refractivity contribution in [2.75, 3.05) is 19.6 Å². The average molecular weight is 212 g/mol. The first kappa shape index (κ1) is 14.0. The zero-order chi connectivity index (χ0) is 11.5. The number of aliphatic imine (C=N–C) groups is 1. The molecule has 0 saturated heterocycles. The van der Waals surface area contributed by atoms with E-state index in [2.05, 4.69) is 10.3 Å². The summed E-state index contributed by atoms with van der Waals surface area (Å²) in [6.45, 7) is 6.40. The van der Waals surface area contributed by atoms with E-state index in [4.69, 9.17) is 11.5 Å². The number of nitrogens with two attached hydrogens (primary N) is 2. The van der Waals surface area contributed by atoms with Crippen LogP contribution in [0.15, 0.2) is 16.6 Å². The fraction of sp³-hybridized carbons (Fsp3) is 0.727. The van der Waals surface area contributed by atoms with Crippen molar-refractivity contribution in [1.82, 2.24) is 5.32 Å². The van der Waals surface area contributed by atoms with Gasteiger partial charge in [-0.3, -0.25) is 0 Å². The molecule has 0 heterocycles. The molecule has 0 radical (unpaired) electrons. The maximum absolute atomic E-state index is 5.66. The Balaban J connectivity index is 3.47. The minimum atomic E-state index is 0.528. The lowest BCUT2D eigenvalue weighted by molar-refractivity contribution is 0.669. The number of hydrogen-bond acceptors (Lipinski definition) is 2. The van der Waals surface area contributed by atoms with E-state index in [1.54, 1.807) is 0 Å². The summed E-state index contributed by atoms with van der Waals surface area (Å²) in [5.41, 5.74) is 12.3. The number of nitrogens with zero attached hydrogens (tertiary/aromatic N) is 1. The van der Waals surface area contributed by atoms with Gasteiger partial charge in [-0.25, -0.2) is 4.99 Å². The first-order valence-corrected chi connectivity index (χ1v) is 5.54. The molecule has 0 saturated carbocycles. The fourth-order valence-electron chi connectivity index (χ4n) is 1.05. The Bertz CT molecular complexity index is 205. The molecule has 15 heavy (non-hydrogen) atoms. The molecular weight excluding hydrogens is 188 g/mol. The van der Waals surface area contributed by atoms with Crippen LogP contribution in [0.2, 0.25) is 0 Å². The molecule has 0 aliphatic rings. The van der Waals surface area contributed by atoms with E-state index >= 15 is 0 Å². The standard InChI is InChI=1S/C11H24N4/c1-10(2)6-9-15-11(13)14-8-5-3-4-7-12/h6H,3-5,7-9,12H2,1-2H3,(H3,13,14,15). The third-order valence-electron chi connectivity index (χ3n) is 1.95. The molecule has 0 atom stereocenters. The van der Waals surface area contributed by atoms with Gasteiger partial charge in [-0.2, -0.15) is 0 Å². The molecule has 4 nitrogen and oxygen atoms in total. The lowest BCUT2D eigenvalue weighted by Crippen LogP contribution is -2.32. The minimum Gasteiger partial charge on any atom is -0.370 e. The molecule has 0 rings (SSSR count). The van der Waals surface area contributed by atoms with Crippen molar-refractivity contribution >= 4 is 5.96 Å².